The fourth-order valence-corrected chi connectivity index (χ4v) is 1.78. The van der Waals surface area contributed by atoms with E-state index in [2.05, 4.69) is 37.3 Å². The molecular weight excluding hydrogens is 210 g/mol. The zero-order valence-electron chi connectivity index (χ0n) is 10.3. The van der Waals surface area contributed by atoms with Crippen LogP contribution in [-0.2, 0) is 6.42 Å². The van der Waals surface area contributed by atoms with Crippen molar-refractivity contribution in [2.45, 2.75) is 26.2 Å². The van der Waals surface area contributed by atoms with Gasteiger partial charge in [0.2, 0.25) is 0 Å². The van der Waals surface area contributed by atoms with E-state index in [4.69, 9.17) is 4.84 Å². The Kier molecular flexibility index (Phi) is 4.25. The first kappa shape index (κ1) is 11.8. The summed E-state index contributed by atoms with van der Waals surface area (Å²) in [4.78, 5) is 5.71. The molecule has 0 aliphatic rings. The van der Waals surface area contributed by atoms with Gasteiger partial charge in [0.25, 0.3) is 0 Å². The molecule has 0 aliphatic carbocycles. The predicted molar refractivity (Wildman–Crippen MR) is 70.0 cm³/mol. The lowest BCUT2D eigenvalue weighted by atomic mass is 10.1. The summed E-state index contributed by atoms with van der Waals surface area (Å²) >= 11 is 0. The summed E-state index contributed by atoms with van der Waals surface area (Å²) in [5.74, 6) is 0. The van der Waals surface area contributed by atoms with Gasteiger partial charge in [-0.1, -0.05) is 43.7 Å². The molecule has 2 aromatic rings. The van der Waals surface area contributed by atoms with E-state index in [1.807, 2.05) is 23.1 Å². The van der Waals surface area contributed by atoms with Gasteiger partial charge in [0, 0.05) is 12.6 Å². The minimum Gasteiger partial charge on any atom is -0.414 e. The van der Waals surface area contributed by atoms with Crippen LogP contribution in [0.3, 0.4) is 0 Å². The molecule has 2 rings (SSSR count). The zero-order valence-corrected chi connectivity index (χ0v) is 10.3. The third-order valence-electron chi connectivity index (χ3n) is 2.75. The van der Waals surface area contributed by atoms with E-state index >= 15 is 0 Å². The van der Waals surface area contributed by atoms with Gasteiger partial charge in [-0.2, -0.15) is 4.73 Å². The van der Waals surface area contributed by atoms with Crippen molar-refractivity contribution >= 4 is 0 Å². The molecule has 1 aromatic heterocycles. The molecule has 0 amide bonds. The number of aromatic nitrogens is 1. The van der Waals surface area contributed by atoms with Crippen molar-refractivity contribution in [3.63, 3.8) is 0 Å². The maximum Gasteiger partial charge on any atom is 0.115 e. The third kappa shape index (κ3) is 3.38. The Balaban J connectivity index is 1.99. The highest BCUT2D eigenvalue weighted by atomic mass is 16.7. The summed E-state index contributed by atoms with van der Waals surface area (Å²) < 4.78 is 1.89. The van der Waals surface area contributed by atoms with Crippen LogP contribution in [-0.4, -0.2) is 11.3 Å². The van der Waals surface area contributed by atoms with Crippen molar-refractivity contribution in [2.24, 2.45) is 0 Å². The maximum absolute atomic E-state index is 5.71. The fraction of sp³-hybridized carbons (Fsp3) is 0.333. The standard InChI is InChI=1S/C15H19NO/c1-2-3-12-17-16-11-7-10-15(16)13-14-8-5-4-6-9-14/h4-11H,2-3,12-13H2,1H3. The Morgan fingerprint density at radius 2 is 1.88 bits per heavy atom. The number of benzene rings is 1. The zero-order chi connectivity index (χ0) is 11.9. The number of rotatable bonds is 6. The van der Waals surface area contributed by atoms with Gasteiger partial charge in [-0.3, -0.25) is 0 Å². The lowest BCUT2D eigenvalue weighted by Gasteiger charge is -2.10. The van der Waals surface area contributed by atoms with E-state index < -0.39 is 0 Å². The molecule has 1 aromatic carbocycles. The van der Waals surface area contributed by atoms with Crippen molar-refractivity contribution in [1.82, 2.24) is 4.73 Å². The van der Waals surface area contributed by atoms with Crippen molar-refractivity contribution in [3.8, 4) is 0 Å². The number of hydrogen-bond donors (Lipinski definition) is 0. The first-order chi connectivity index (χ1) is 8.40. The summed E-state index contributed by atoms with van der Waals surface area (Å²) in [7, 11) is 0. The highest BCUT2D eigenvalue weighted by Crippen LogP contribution is 2.09. The quantitative estimate of drug-likeness (QED) is 0.693. The SMILES string of the molecule is CCCCOn1cccc1Cc1ccccc1. The molecule has 2 nitrogen and oxygen atoms in total. The Labute approximate surface area is 103 Å². The molecule has 0 fully saturated rings. The topological polar surface area (TPSA) is 14.2 Å². The van der Waals surface area contributed by atoms with Gasteiger partial charge in [0.05, 0.1) is 5.69 Å². The van der Waals surface area contributed by atoms with Gasteiger partial charge in [0.1, 0.15) is 6.61 Å². The van der Waals surface area contributed by atoms with E-state index in [0.717, 1.165) is 25.9 Å². The predicted octanol–water partition coefficient (Wildman–Crippen LogP) is 3.31. The molecule has 17 heavy (non-hydrogen) atoms. The van der Waals surface area contributed by atoms with Crippen LogP contribution in [0.5, 0.6) is 0 Å². The first-order valence-electron chi connectivity index (χ1n) is 6.23. The molecule has 1 heterocycles. The summed E-state index contributed by atoms with van der Waals surface area (Å²) in [5, 5.41) is 0. The van der Waals surface area contributed by atoms with Crippen LogP contribution in [0.1, 0.15) is 31.0 Å². The normalized spacial score (nSPS) is 10.4. The second kappa shape index (κ2) is 6.14. The molecule has 0 unspecified atom stereocenters. The Bertz CT molecular complexity index is 433. The largest absolute Gasteiger partial charge is 0.414 e. The second-order valence-corrected chi connectivity index (χ2v) is 4.17. The molecule has 0 N–H and O–H groups in total. The first-order valence-corrected chi connectivity index (χ1v) is 6.23. The number of nitrogens with zero attached hydrogens (tertiary/aromatic N) is 1. The monoisotopic (exact) mass is 229 g/mol. The molecule has 90 valence electrons. The smallest absolute Gasteiger partial charge is 0.115 e. The molecule has 0 aliphatic heterocycles. The van der Waals surface area contributed by atoms with Crippen molar-refractivity contribution < 1.29 is 4.84 Å². The van der Waals surface area contributed by atoms with Crippen molar-refractivity contribution in [1.29, 1.82) is 0 Å². The molecule has 2 heteroatoms. The van der Waals surface area contributed by atoms with Crippen molar-refractivity contribution in [2.75, 3.05) is 6.61 Å². The van der Waals surface area contributed by atoms with E-state index in [0.29, 0.717) is 0 Å². The number of hydrogen-bond acceptors (Lipinski definition) is 1. The van der Waals surface area contributed by atoms with Gasteiger partial charge in [-0.15, -0.1) is 0 Å². The number of unbranched alkanes of at least 4 members (excludes halogenated alkanes) is 1. The summed E-state index contributed by atoms with van der Waals surface area (Å²) in [6.07, 6.45) is 5.16. The fourth-order valence-electron chi connectivity index (χ4n) is 1.78. The van der Waals surface area contributed by atoms with E-state index in [9.17, 15) is 0 Å². The van der Waals surface area contributed by atoms with Crippen LogP contribution in [0.4, 0.5) is 0 Å². The average molecular weight is 229 g/mol. The lowest BCUT2D eigenvalue weighted by Crippen LogP contribution is -2.14. The van der Waals surface area contributed by atoms with Crippen LogP contribution in [0, 0.1) is 0 Å². The average Bonchev–Trinajstić information content (AvgIpc) is 2.79. The Morgan fingerprint density at radius 1 is 1.06 bits per heavy atom. The molecule has 0 saturated heterocycles. The van der Waals surface area contributed by atoms with Crippen molar-refractivity contribution in [3.05, 3.63) is 59.9 Å². The van der Waals surface area contributed by atoms with Gasteiger partial charge < -0.3 is 4.84 Å². The van der Waals surface area contributed by atoms with Gasteiger partial charge >= 0.3 is 0 Å². The molecule has 0 bridgehead atoms. The minimum atomic E-state index is 0.785. The van der Waals surface area contributed by atoms with Gasteiger partial charge in [0.15, 0.2) is 0 Å². The van der Waals surface area contributed by atoms with Crippen LogP contribution >= 0.6 is 0 Å². The second-order valence-electron chi connectivity index (χ2n) is 4.17. The molecular formula is C15H19NO. The van der Waals surface area contributed by atoms with E-state index in [-0.39, 0.29) is 0 Å². The third-order valence-corrected chi connectivity index (χ3v) is 2.75. The van der Waals surface area contributed by atoms with Crippen LogP contribution in [0.15, 0.2) is 48.7 Å². The highest BCUT2D eigenvalue weighted by Gasteiger charge is 2.02. The van der Waals surface area contributed by atoms with Gasteiger partial charge in [-0.05, 0) is 24.1 Å². The maximum atomic E-state index is 5.71. The van der Waals surface area contributed by atoms with Gasteiger partial charge in [-0.25, -0.2) is 0 Å². The van der Waals surface area contributed by atoms with Crippen LogP contribution in [0.2, 0.25) is 0 Å². The minimum absolute atomic E-state index is 0.785. The van der Waals surface area contributed by atoms with Crippen LogP contribution < -0.4 is 4.84 Å². The summed E-state index contributed by atoms with van der Waals surface area (Å²) in [5.41, 5.74) is 2.51. The Morgan fingerprint density at radius 3 is 2.65 bits per heavy atom. The van der Waals surface area contributed by atoms with E-state index in [1.165, 1.54) is 11.3 Å². The van der Waals surface area contributed by atoms with E-state index in [1.54, 1.807) is 0 Å². The Hall–Kier alpha value is -1.70. The summed E-state index contributed by atoms with van der Waals surface area (Å²) in [6.45, 7) is 2.96. The molecule has 0 radical (unpaired) electrons. The molecule has 0 atom stereocenters. The molecule has 0 spiro atoms. The summed E-state index contributed by atoms with van der Waals surface area (Å²) in [6, 6.07) is 14.6. The van der Waals surface area contributed by atoms with Crippen LogP contribution in [0.25, 0.3) is 0 Å². The molecule has 0 saturated carbocycles. The highest BCUT2D eigenvalue weighted by molar-refractivity contribution is 5.22. The lowest BCUT2D eigenvalue weighted by molar-refractivity contribution is 0.103.